The number of nitrogens with zero attached hydrogens (tertiary/aromatic N) is 5. The van der Waals surface area contributed by atoms with Crippen molar-refractivity contribution in [2.24, 2.45) is 0 Å². The van der Waals surface area contributed by atoms with Crippen molar-refractivity contribution in [1.82, 2.24) is 24.7 Å². The van der Waals surface area contributed by atoms with Gasteiger partial charge < -0.3 is 14.9 Å². The highest BCUT2D eigenvalue weighted by Crippen LogP contribution is 2.31. The molecule has 4 rings (SSSR count). The predicted molar refractivity (Wildman–Crippen MR) is 91.2 cm³/mol. The predicted octanol–water partition coefficient (Wildman–Crippen LogP) is 1.62. The number of benzene rings is 1. The normalized spacial score (nSPS) is 20.0. The average Bonchev–Trinajstić information content (AvgIpc) is 3.21. The number of aliphatic carboxylic acids is 1. The van der Waals surface area contributed by atoms with Crippen LogP contribution in [0, 0.1) is 0 Å². The molecular formula is C15H12BrN5O5. The zero-order valence-corrected chi connectivity index (χ0v) is 14.7. The molecule has 11 heteroatoms. The summed E-state index contributed by atoms with van der Waals surface area (Å²) in [6.45, 7) is -0.0519. The Morgan fingerprint density at radius 3 is 2.77 bits per heavy atom. The molecule has 2 aromatic heterocycles. The third kappa shape index (κ3) is 2.69. The maximum absolute atomic E-state index is 11.3. The van der Waals surface area contributed by atoms with Crippen LogP contribution in [-0.2, 0) is 4.79 Å². The smallest absolute Gasteiger partial charge is 0.408 e. The van der Waals surface area contributed by atoms with Crippen molar-refractivity contribution < 1.29 is 24.5 Å². The standard InChI is InChI=1S/C15H12BrN5O5/c16-7-1-2-9-10(3-7)13(19-21-6-17-18-12(9)21)26-8-4-11(14(22)23)20(5-8)15(24)25/h1-3,6,8,11H,4-5H2,(H,22,23)(H,24,25)/t8-,11+/m1/s1. The van der Waals surface area contributed by atoms with Gasteiger partial charge in [0.15, 0.2) is 5.65 Å². The molecule has 1 amide bonds. The van der Waals surface area contributed by atoms with Crippen molar-refractivity contribution in [2.45, 2.75) is 18.6 Å². The molecule has 2 atom stereocenters. The van der Waals surface area contributed by atoms with E-state index < -0.39 is 24.2 Å². The third-order valence-electron chi connectivity index (χ3n) is 4.25. The lowest BCUT2D eigenvalue weighted by molar-refractivity contribution is -0.141. The van der Waals surface area contributed by atoms with E-state index in [4.69, 9.17) is 4.74 Å². The molecule has 0 bridgehead atoms. The van der Waals surface area contributed by atoms with E-state index >= 15 is 0 Å². The number of ether oxygens (including phenoxy) is 1. The van der Waals surface area contributed by atoms with Gasteiger partial charge >= 0.3 is 12.1 Å². The summed E-state index contributed by atoms with van der Waals surface area (Å²) in [6, 6.07) is 4.36. The van der Waals surface area contributed by atoms with Crippen LogP contribution in [0.2, 0.25) is 0 Å². The molecule has 2 N–H and O–H groups in total. The first kappa shape index (κ1) is 16.5. The molecule has 10 nitrogen and oxygen atoms in total. The first-order valence-corrected chi connectivity index (χ1v) is 8.41. The van der Waals surface area contributed by atoms with Gasteiger partial charge in [0.2, 0.25) is 5.88 Å². The minimum Gasteiger partial charge on any atom is -0.480 e. The molecule has 1 aromatic carbocycles. The number of halogens is 1. The van der Waals surface area contributed by atoms with Gasteiger partial charge in [-0.2, -0.15) is 4.52 Å². The van der Waals surface area contributed by atoms with Crippen LogP contribution in [-0.4, -0.2) is 65.7 Å². The zero-order chi connectivity index (χ0) is 18.4. The van der Waals surface area contributed by atoms with Crippen LogP contribution < -0.4 is 4.74 Å². The highest BCUT2D eigenvalue weighted by molar-refractivity contribution is 9.10. The number of amides is 1. The SMILES string of the molecule is O=C(O)[C@@H]1C[C@@H](Oc2nn3cnnc3c3ccc(Br)cc23)CN1C(=O)O. The molecule has 0 saturated carbocycles. The van der Waals surface area contributed by atoms with E-state index in [0.29, 0.717) is 11.0 Å². The van der Waals surface area contributed by atoms with Gasteiger partial charge in [-0.25, -0.2) is 9.59 Å². The number of carboxylic acids is 1. The van der Waals surface area contributed by atoms with Gasteiger partial charge in [-0.3, -0.25) is 4.90 Å². The average molecular weight is 422 g/mol. The minimum absolute atomic E-state index is 0.0407. The zero-order valence-electron chi connectivity index (χ0n) is 13.1. The van der Waals surface area contributed by atoms with E-state index in [1.54, 1.807) is 0 Å². The molecule has 1 aliphatic rings. The summed E-state index contributed by atoms with van der Waals surface area (Å²) in [4.78, 5) is 23.4. The van der Waals surface area contributed by atoms with Gasteiger partial charge in [0, 0.05) is 16.3 Å². The van der Waals surface area contributed by atoms with Crippen LogP contribution in [0.4, 0.5) is 4.79 Å². The number of carboxylic acid groups (broad SMARTS) is 2. The summed E-state index contributed by atoms with van der Waals surface area (Å²) < 4.78 is 8.18. The van der Waals surface area contributed by atoms with Gasteiger partial charge in [0.1, 0.15) is 18.5 Å². The monoisotopic (exact) mass is 421 g/mol. The Kier molecular flexibility index (Phi) is 3.87. The first-order chi connectivity index (χ1) is 12.4. The summed E-state index contributed by atoms with van der Waals surface area (Å²) in [5.74, 6) is -0.941. The second-order valence-corrected chi connectivity index (χ2v) is 6.77. The van der Waals surface area contributed by atoms with Gasteiger partial charge in [-0.1, -0.05) is 15.9 Å². The number of aromatic nitrogens is 4. The third-order valence-corrected chi connectivity index (χ3v) is 4.75. The Hall–Kier alpha value is -2.95. The number of carbonyl (C=O) groups is 2. The summed E-state index contributed by atoms with van der Waals surface area (Å²) in [5.41, 5.74) is 0.557. The largest absolute Gasteiger partial charge is 0.480 e. The number of likely N-dealkylation sites (tertiary alicyclic amines) is 1. The molecule has 0 aliphatic carbocycles. The first-order valence-electron chi connectivity index (χ1n) is 7.62. The highest BCUT2D eigenvalue weighted by atomic mass is 79.9. The van der Waals surface area contributed by atoms with E-state index in [1.807, 2.05) is 18.2 Å². The number of hydrogen-bond donors (Lipinski definition) is 2. The van der Waals surface area contributed by atoms with Crippen LogP contribution in [0.3, 0.4) is 0 Å². The minimum atomic E-state index is -1.29. The fourth-order valence-electron chi connectivity index (χ4n) is 3.09. The molecule has 1 fully saturated rings. The Morgan fingerprint density at radius 1 is 1.27 bits per heavy atom. The molecule has 0 unspecified atom stereocenters. The Labute approximate surface area is 154 Å². The molecule has 0 radical (unpaired) electrons. The topological polar surface area (TPSA) is 130 Å². The van der Waals surface area contributed by atoms with Gasteiger partial charge in [-0.05, 0) is 18.2 Å². The van der Waals surface area contributed by atoms with Gasteiger partial charge in [0.25, 0.3) is 0 Å². The van der Waals surface area contributed by atoms with Crippen molar-refractivity contribution in [2.75, 3.05) is 6.54 Å². The van der Waals surface area contributed by atoms with Gasteiger partial charge in [-0.15, -0.1) is 15.3 Å². The summed E-state index contributed by atoms with van der Waals surface area (Å²) in [6.07, 6.45) is -0.449. The van der Waals surface area contributed by atoms with Crippen LogP contribution in [0.15, 0.2) is 29.0 Å². The molecule has 26 heavy (non-hydrogen) atoms. The van der Waals surface area contributed by atoms with Crippen molar-refractivity contribution in [1.29, 1.82) is 0 Å². The van der Waals surface area contributed by atoms with Crippen molar-refractivity contribution in [3.63, 3.8) is 0 Å². The lowest BCUT2D eigenvalue weighted by Crippen LogP contribution is -2.39. The Morgan fingerprint density at radius 2 is 2.08 bits per heavy atom. The molecule has 3 aromatic rings. The number of fused-ring (bicyclic) bond motifs is 3. The molecule has 1 aliphatic heterocycles. The number of rotatable bonds is 3. The summed E-state index contributed by atoms with van der Waals surface area (Å²) >= 11 is 3.40. The second kappa shape index (κ2) is 6.09. The van der Waals surface area contributed by atoms with E-state index in [-0.39, 0.29) is 18.8 Å². The van der Waals surface area contributed by atoms with Crippen molar-refractivity contribution in [3.05, 3.63) is 29.0 Å². The van der Waals surface area contributed by atoms with Gasteiger partial charge in [0.05, 0.1) is 11.9 Å². The van der Waals surface area contributed by atoms with E-state index in [0.717, 1.165) is 14.8 Å². The Bertz CT molecular complexity index is 1020. The molecule has 3 heterocycles. The van der Waals surface area contributed by atoms with Crippen molar-refractivity contribution >= 4 is 44.4 Å². The maximum atomic E-state index is 11.3. The fourth-order valence-corrected chi connectivity index (χ4v) is 3.45. The molecular weight excluding hydrogens is 410 g/mol. The Balaban J connectivity index is 1.73. The van der Waals surface area contributed by atoms with Crippen LogP contribution in [0.25, 0.3) is 16.4 Å². The summed E-state index contributed by atoms with van der Waals surface area (Å²) in [7, 11) is 0. The van der Waals surface area contributed by atoms with E-state index in [1.165, 1.54) is 10.8 Å². The summed E-state index contributed by atoms with van der Waals surface area (Å²) in [5, 5.41) is 32.1. The molecule has 1 saturated heterocycles. The molecule has 0 spiro atoms. The van der Waals surface area contributed by atoms with Crippen LogP contribution in [0.1, 0.15) is 6.42 Å². The van der Waals surface area contributed by atoms with E-state index in [2.05, 4.69) is 31.2 Å². The van der Waals surface area contributed by atoms with Crippen LogP contribution in [0.5, 0.6) is 5.88 Å². The lowest BCUT2D eigenvalue weighted by Gasteiger charge is -2.16. The quantitative estimate of drug-likeness (QED) is 0.652. The van der Waals surface area contributed by atoms with Crippen molar-refractivity contribution in [3.8, 4) is 5.88 Å². The van der Waals surface area contributed by atoms with E-state index in [9.17, 15) is 19.8 Å². The maximum Gasteiger partial charge on any atom is 0.408 e. The second-order valence-electron chi connectivity index (χ2n) is 5.86. The lowest BCUT2D eigenvalue weighted by atomic mass is 10.2. The van der Waals surface area contributed by atoms with Crippen LogP contribution >= 0.6 is 15.9 Å². The molecule has 134 valence electrons. The highest BCUT2D eigenvalue weighted by Gasteiger charge is 2.41. The number of hydrogen-bond acceptors (Lipinski definition) is 6. The fraction of sp³-hybridized carbons (Fsp3) is 0.267.